The summed E-state index contributed by atoms with van der Waals surface area (Å²) in [4.78, 5) is 15.9. The largest absolute Gasteiger partial charge is 0.493 e. The number of rotatable bonds is 7. The summed E-state index contributed by atoms with van der Waals surface area (Å²) in [5.41, 5.74) is 4.55. The van der Waals surface area contributed by atoms with Gasteiger partial charge in [0.1, 0.15) is 10.8 Å². The number of benzene rings is 2. The van der Waals surface area contributed by atoms with E-state index in [-0.39, 0.29) is 12.3 Å². The van der Waals surface area contributed by atoms with Crippen molar-refractivity contribution in [2.24, 2.45) is 4.99 Å². The number of fused-ring (bicyclic) bond motifs is 3. The predicted octanol–water partition coefficient (Wildman–Crippen LogP) is 5.27. The lowest BCUT2D eigenvalue weighted by Gasteiger charge is -2.04. The molecule has 0 saturated heterocycles. The third kappa shape index (κ3) is 4.47. The number of hydrogen-bond acceptors (Lipinski definition) is 6. The molecule has 2 N–H and O–H groups in total. The second kappa shape index (κ2) is 9.40. The second-order valence-corrected chi connectivity index (χ2v) is 9.79. The molecule has 0 atom stereocenters. The molecule has 1 aliphatic rings. The first-order chi connectivity index (χ1) is 16.5. The van der Waals surface area contributed by atoms with Gasteiger partial charge in [0.15, 0.2) is 3.95 Å². The second-order valence-electron chi connectivity index (χ2n) is 8.12. The third-order valence-electron chi connectivity index (χ3n) is 5.78. The molecule has 2 aromatic heterocycles. The first-order valence-corrected chi connectivity index (χ1v) is 12.3. The zero-order valence-corrected chi connectivity index (χ0v) is 19.9. The lowest BCUT2D eigenvalue weighted by atomic mass is 10.1. The van der Waals surface area contributed by atoms with E-state index in [0.717, 1.165) is 45.6 Å². The monoisotopic (exact) mass is 490 g/mol. The number of carbonyl (C=O) groups is 1. The van der Waals surface area contributed by atoms with E-state index in [1.807, 2.05) is 42.5 Å². The highest BCUT2D eigenvalue weighted by atomic mass is 32.1. The molecule has 4 aromatic rings. The van der Waals surface area contributed by atoms with Crippen LogP contribution in [0.2, 0.25) is 0 Å². The standard InChI is InChI=1S/C26H22N2O4S2/c29-24(30)8-2-1-5-13-28-25(31)23(34-26(28)33)15-17-10-12-22(32-17)16-9-11-21-19(14-16)18-6-3-4-7-20(18)27-21/h3-4,6-7,9-12,14-15,31H,1-2,5,8,13H2,(H,29,30)/b17-15-,22-16-. The molecule has 1 aliphatic heterocycles. The van der Waals surface area contributed by atoms with Crippen LogP contribution in [0.5, 0.6) is 5.88 Å². The number of thiazole rings is 1. The fourth-order valence-corrected chi connectivity index (χ4v) is 5.37. The van der Waals surface area contributed by atoms with E-state index in [0.29, 0.717) is 27.2 Å². The van der Waals surface area contributed by atoms with Crippen LogP contribution in [0, 0.1) is 14.6 Å². The molecule has 0 bridgehead atoms. The van der Waals surface area contributed by atoms with Gasteiger partial charge in [-0.15, -0.1) is 11.3 Å². The topological polar surface area (TPSA) is 88.0 Å². The molecule has 2 aromatic carbocycles. The Hall–Kier alpha value is -3.49. The number of aromatic hydroxyl groups is 1. The molecule has 0 spiro atoms. The maximum absolute atomic E-state index is 10.7. The van der Waals surface area contributed by atoms with E-state index in [4.69, 9.17) is 21.7 Å². The van der Waals surface area contributed by atoms with E-state index in [2.05, 4.69) is 17.1 Å². The van der Waals surface area contributed by atoms with Crippen molar-refractivity contribution >= 4 is 41.3 Å². The first kappa shape index (κ1) is 22.3. The van der Waals surface area contributed by atoms with E-state index < -0.39 is 5.97 Å². The summed E-state index contributed by atoms with van der Waals surface area (Å²) in [7, 11) is 0. The molecule has 6 nitrogen and oxygen atoms in total. The molecule has 172 valence electrons. The minimum Gasteiger partial charge on any atom is -0.493 e. The number of aromatic nitrogens is 1. The van der Waals surface area contributed by atoms with Crippen molar-refractivity contribution in [3.63, 3.8) is 0 Å². The molecular formula is C26H22N2O4S2. The van der Waals surface area contributed by atoms with Gasteiger partial charge >= 0.3 is 5.97 Å². The summed E-state index contributed by atoms with van der Waals surface area (Å²) in [6, 6.07) is 18.0. The smallest absolute Gasteiger partial charge is 0.303 e. The molecule has 0 fully saturated rings. The fraction of sp³-hybridized carbons (Fsp3) is 0.192. The van der Waals surface area contributed by atoms with Crippen LogP contribution >= 0.6 is 23.6 Å². The number of carboxylic acids is 1. The Morgan fingerprint density at radius 3 is 2.79 bits per heavy atom. The molecule has 0 saturated carbocycles. The number of nitrogens with zero attached hydrogens (tertiary/aromatic N) is 2. The molecule has 0 unspecified atom stereocenters. The van der Waals surface area contributed by atoms with Gasteiger partial charge in [-0.3, -0.25) is 9.36 Å². The Kier molecular flexibility index (Phi) is 6.17. The lowest BCUT2D eigenvalue weighted by Crippen LogP contribution is -1.99. The Bertz CT molecular complexity index is 1660. The van der Waals surface area contributed by atoms with Crippen molar-refractivity contribution in [1.82, 2.24) is 4.57 Å². The number of unbranched alkanes of at least 4 members (excludes halogenated alkanes) is 2. The average Bonchev–Trinajstić information content (AvgIpc) is 3.50. The van der Waals surface area contributed by atoms with Crippen LogP contribution in [0.25, 0.3) is 17.2 Å². The number of para-hydroxylation sites is 1. The number of carboxylic acid groups (broad SMARTS) is 1. The third-order valence-corrected chi connectivity index (χ3v) is 7.17. The van der Waals surface area contributed by atoms with Gasteiger partial charge in [0.2, 0.25) is 5.88 Å². The van der Waals surface area contributed by atoms with Crippen LogP contribution in [-0.2, 0) is 11.3 Å². The van der Waals surface area contributed by atoms with Gasteiger partial charge in [0.25, 0.3) is 0 Å². The van der Waals surface area contributed by atoms with Crippen LogP contribution in [0.1, 0.15) is 30.6 Å². The van der Waals surface area contributed by atoms with Crippen molar-refractivity contribution in [2.45, 2.75) is 32.2 Å². The van der Waals surface area contributed by atoms with Gasteiger partial charge in [-0.1, -0.05) is 24.6 Å². The summed E-state index contributed by atoms with van der Waals surface area (Å²) in [5.74, 6) is -0.675. The molecule has 5 rings (SSSR count). The zero-order valence-electron chi connectivity index (χ0n) is 18.2. The van der Waals surface area contributed by atoms with Crippen molar-refractivity contribution in [1.29, 1.82) is 0 Å². The minimum absolute atomic E-state index is 0.113. The van der Waals surface area contributed by atoms with Gasteiger partial charge in [0.05, 0.1) is 15.9 Å². The van der Waals surface area contributed by atoms with E-state index >= 15 is 0 Å². The van der Waals surface area contributed by atoms with Crippen LogP contribution < -0.4 is 10.8 Å². The number of furan rings is 1. The SMILES string of the molecule is O=C(O)CCCCCn1c(O)c(/C=c2/cc/c(=c3\ccc4c(c3)-c3ccccc3N=4)o2)sc1=S. The summed E-state index contributed by atoms with van der Waals surface area (Å²) in [6.45, 7) is 0.555. The van der Waals surface area contributed by atoms with Gasteiger partial charge in [-0.2, -0.15) is 0 Å². The van der Waals surface area contributed by atoms with Crippen LogP contribution in [-0.4, -0.2) is 20.7 Å². The van der Waals surface area contributed by atoms with Crippen LogP contribution in [0.4, 0.5) is 5.69 Å². The van der Waals surface area contributed by atoms with Gasteiger partial charge in [0, 0.05) is 35.4 Å². The van der Waals surface area contributed by atoms with Crippen molar-refractivity contribution in [3.05, 3.63) is 84.8 Å². The maximum atomic E-state index is 10.7. The van der Waals surface area contributed by atoms with E-state index in [1.165, 1.54) is 11.3 Å². The quantitative estimate of drug-likeness (QED) is 0.240. The normalized spacial score (nSPS) is 13.5. The number of aliphatic carboxylic acids is 1. The Balaban J connectivity index is 1.42. The minimum atomic E-state index is -0.788. The van der Waals surface area contributed by atoms with E-state index in [1.54, 1.807) is 10.6 Å². The first-order valence-electron chi connectivity index (χ1n) is 11.0. The lowest BCUT2D eigenvalue weighted by molar-refractivity contribution is -0.137. The summed E-state index contributed by atoms with van der Waals surface area (Å²) >= 11 is 6.75. The van der Waals surface area contributed by atoms with Crippen molar-refractivity contribution < 1.29 is 19.4 Å². The predicted molar refractivity (Wildman–Crippen MR) is 133 cm³/mol. The molecular weight excluding hydrogens is 468 g/mol. The van der Waals surface area contributed by atoms with Crippen molar-refractivity contribution in [3.8, 4) is 17.0 Å². The number of hydrogen-bond donors (Lipinski definition) is 2. The Morgan fingerprint density at radius 2 is 1.94 bits per heavy atom. The van der Waals surface area contributed by atoms with Gasteiger partial charge < -0.3 is 14.6 Å². The fourth-order valence-electron chi connectivity index (χ4n) is 4.07. The van der Waals surface area contributed by atoms with Gasteiger partial charge in [-0.05, 0) is 61.5 Å². The molecule has 34 heavy (non-hydrogen) atoms. The summed E-state index contributed by atoms with van der Waals surface area (Å²) in [6.07, 6.45) is 4.08. The zero-order chi connectivity index (χ0) is 23.7. The highest BCUT2D eigenvalue weighted by Gasteiger charge is 2.13. The van der Waals surface area contributed by atoms with Crippen LogP contribution in [0.15, 0.2) is 64.0 Å². The molecule has 8 heteroatoms. The van der Waals surface area contributed by atoms with Crippen molar-refractivity contribution in [2.75, 3.05) is 0 Å². The molecule has 3 heterocycles. The molecule has 0 radical (unpaired) electrons. The summed E-state index contributed by atoms with van der Waals surface area (Å²) in [5, 5.41) is 21.3. The highest BCUT2D eigenvalue weighted by Crippen LogP contribution is 2.32. The average molecular weight is 491 g/mol. The Morgan fingerprint density at radius 1 is 1.09 bits per heavy atom. The maximum Gasteiger partial charge on any atom is 0.303 e. The van der Waals surface area contributed by atoms with E-state index in [9.17, 15) is 9.90 Å². The molecule has 0 aliphatic carbocycles. The molecule has 0 amide bonds. The Labute approximate surface area is 204 Å². The summed E-state index contributed by atoms with van der Waals surface area (Å²) < 4.78 is 8.34. The van der Waals surface area contributed by atoms with Crippen LogP contribution in [0.3, 0.4) is 0 Å². The highest BCUT2D eigenvalue weighted by molar-refractivity contribution is 7.73. The van der Waals surface area contributed by atoms with Gasteiger partial charge in [-0.25, -0.2) is 4.99 Å².